The summed E-state index contributed by atoms with van der Waals surface area (Å²) in [4.78, 5) is 23.1. The molecule has 10 nitrogen and oxygen atoms in total. The number of hydrogen-bond acceptors (Lipinski definition) is 7. The number of hydrogen-bond donors (Lipinski definition) is 2. The molecule has 1 amide bonds. The number of nitrogens with two attached hydrogens (primary N) is 2. The quantitative estimate of drug-likeness (QED) is 0.118. The lowest BCUT2D eigenvalue weighted by atomic mass is 9.97. The van der Waals surface area contributed by atoms with Crippen molar-refractivity contribution in [2.24, 2.45) is 11.6 Å². The molecule has 0 saturated carbocycles. The molecule has 1 aromatic carbocycles. The van der Waals surface area contributed by atoms with Gasteiger partial charge < -0.3 is 15.5 Å². The maximum atomic E-state index is 13.9. The van der Waals surface area contributed by atoms with Crippen molar-refractivity contribution in [2.75, 3.05) is 37.6 Å². The number of nitrogens with zero attached hydrogens (tertiary/aromatic N) is 7. The molecule has 4 unspecified atom stereocenters. The first-order valence-electron chi connectivity index (χ1n) is 16.6. The minimum absolute atomic E-state index is 0.0481. The van der Waals surface area contributed by atoms with Crippen LogP contribution in [0.3, 0.4) is 0 Å². The lowest BCUT2D eigenvalue weighted by Gasteiger charge is -2.35. The molecule has 3 saturated heterocycles. The van der Waals surface area contributed by atoms with Crippen molar-refractivity contribution < 1.29 is 9.37 Å². The number of rotatable bonds is 10. The number of hydrazine groups is 1. The van der Waals surface area contributed by atoms with Crippen LogP contribution in [0, 0.1) is 6.92 Å². The van der Waals surface area contributed by atoms with E-state index in [9.17, 15) is 4.79 Å². The van der Waals surface area contributed by atoms with Gasteiger partial charge in [0.15, 0.2) is 5.65 Å². The van der Waals surface area contributed by atoms with E-state index < -0.39 is 0 Å². The second-order valence-corrected chi connectivity index (χ2v) is 13.5. The molecule has 6 rings (SSSR count). The van der Waals surface area contributed by atoms with Crippen LogP contribution in [0.15, 0.2) is 36.5 Å². The highest BCUT2D eigenvalue weighted by molar-refractivity contribution is 5.94. The molecule has 0 bridgehead atoms. The molecule has 0 spiro atoms. The van der Waals surface area contributed by atoms with Crippen LogP contribution < -0.4 is 16.5 Å². The van der Waals surface area contributed by atoms with Gasteiger partial charge in [0.2, 0.25) is 12.1 Å². The first-order valence-corrected chi connectivity index (χ1v) is 16.6. The Morgan fingerprint density at radius 1 is 1.23 bits per heavy atom. The largest absolute Gasteiger partial charge is 0.355 e. The summed E-state index contributed by atoms with van der Waals surface area (Å²) < 4.78 is 4.27. The van der Waals surface area contributed by atoms with E-state index in [2.05, 4.69) is 61.6 Å². The molecule has 4 N–H and O–H groups in total. The van der Waals surface area contributed by atoms with Crippen molar-refractivity contribution in [1.82, 2.24) is 24.5 Å². The molecule has 10 heteroatoms. The van der Waals surface area contributed by atoms with Gasteiger partial charge in [0.25, 0.3) is 5.91 Å². The zero-order valence-corrected chi connectivity index (χ0v) is 27.0. The lowest BCUT2D eigenvalue weighted by molar-refractivity contribution is -0.385. The Bertz CT molecular complexity index is 1510. The van der Waals surface area contributed by atoms with Gasteiger partial charge in [0, 0.05) is 68.5 Å². The summed E-state index contributed by atoms with van der Waals surface area (Å²) in [7, 11) is 0. The topological polar surface area (TPSA) is 112 Å². The van der Waals surface area contributed by atoms with Gasteiger partial charge in [-0.2, -0.15) is 5.10 Å². The Morgan fingerprint density at radius 3 is 2.75 bits per heavy atom. The van der Waals surface area contributed by atoms with E-state index in [4.69, 9.17) is 21.7 Å². The van der Waals surface area contributed by atoms with Gasteiger partial charge in [0.1, 0.15) is 12.0 Å². The van der Waals surface area contributed by atoms with Crippen LogP contribution in [0.4, 0.5) is 5.82 Å². The number of carbonyl (C=O) groups excluding carboxylic acids is 1. The van der Waals surface area contributed by atoms with E-state index in [1.165, 1.54) is 12.8 Å². The van der Waals surface area contributed by atoms with Crippen LogP contribution in [0.1, 0.15) is 105 Å². The summed E-state index contributed by atoms with van der Waals surface area (Å²) in [6.07, 6.45) is 11.9. The fraction of sp³-hybridized carbons (Fsp3) is 0.588. The molecule has 4 atom stereocenters. The van der Waals surface area contributed by atoms with Gasteiger partial charge in [0.05, 0.1) is 18.3 Å². The van der Waals surface area contributed by atoms with Gasteiger partial charge in [-0.05, 0) is 63.6 Å². The predicted octanol–water partition coefficient (Wildman–Crippen LogP) is 4.23. The standard InChI is InChI=1S/C34H50N9O/c1-5-6-8-16-40-22-34(40,4)23-42(36)25(3)26-11-13-27(14-12-26)33(44)41-17-9-7-10-30(41)29-19-31-37-32(24(2)20-43(31)38-29)39-18-15-28(35)21-39/h11-14,16,19-20,25,28,30H,5-10,15,17-18,21-23,35-36H2,1-4H3/q+1. The second kappa shape index (κ2) is 12.6. The summed E-state index contributed by atoms with van der Waals surface area (Å²) in [5, 5.41) is 6.85. The molecule has 3 aromatic rings. The number of likely N-dealkylation sites (tertiary alicyclic amines) is 1. The molecule has 0 radical (unpaired) electrons. The van der Waals surface area contributed by atoms with Gasteiger partial charge in [-0.25, -0.2) is 19.1 Å². The molecular weight excluding hydrogens is 550 g/mol. The van der Waals surface area contributed by atoms with Crippen molar-refractivity contribution in [2.45, 2.75) is 96.3 Å². The summed E-state index contributed by atoms with van der Waals surface area (Å²) in [5.41, 5.74) is 10.9. The van der Waals surface area contributed by atoms with Crippen molar-refractivity contribution in [3.05, 3.63) is 58.9 Å². The summed E-state index contributed by atoms with van der Waals surface area (Å²) in [6, 6.07) is 10.2. The number of aromatic nitrogens is 3. The SMILES string of the molecule is CCCCC=[N+]1CC1(C)CN(N)C(C)c1ccc(C(=O)N2CCCCC2c2cc3nc(N4CCC(N)C4)c(C)cn3n2)cc1. The molecule has 0 aliphatic carbocycles. The molecule has 44 heavy (non-hydrogen) atoms. The highest BCUT2D eigenvalue weighted by atomic mass is 16.2. The Balaban J connectivity index is 1.14. The summed E-state index contributed by atoms with van der Waals surface area (Å²) in [5.74, 6) is 7.61. The average Bonchev–Trinajstić information content (AvgIpc) is 3.30. The zero-order chi connectivity index (χ0) is 31.0. The third-order valence-corrected chi connectivity index (χ3v) is 9.92. The van der Waals surface area contributed by atoms with Gasteiger partial charge >= 0.3 is 0 Å². The third kappa shape index (κ3) is 6.25. The molecule has 3 fully saturated rings. The van der Waals surface area contributed by atoms with Crippen LogP contribution in [0.5, 0.6) is 0 Å². The summed E-state index contributed by atoms with van der Waals surface area (Å²) >= 11 is 0. The third-order valence-electron chi connectivity index (χ3n) is 9.92. The number of unbranched alkanes of at least 4 members (excludes halogenated alkanes) is 2. The van der Waals surface area contributed by atoms with E-state index in [1.54, 1.807) is 0 Å². The number of amides is 1. The van der Waals surface area contributed by atoms with Crippen molar-refractivity contribution in [3.63, 3.8) is 0 Å². The smallest absolute Gasteiger partial charge is 0.254 e. The number of benzene rings is 1. The fourth-order valence-corrected chi connectivity index (χ4v) is 6.96. The maximum absolute atomic E-state index is 13.9. The van der Waals surface area contributed by atoms with Crippen molar-refractivity contribution in [1.29, 1.82) is 0 Å². The monoisotopic (exact) mass is 600 g/mol. The number of aryl methyl sites for hydroxylation is 1. The van der Waals surface area contributed by atoms with E-state index in [0.717, 1.165) is 93.1 Å². The number of carbonyl (C=O) groups is 1. The highest BCUT2D eigenvalue weighted by Gasteiger charge is 2.56. The van der Waals surface area contributed by atoms with E-state index in [-0.39, 0.29) is 29.6 Å². The highest BCUT2D eigenvalue weighted by Crippen LogP contribution is 2.34. The lowest BCUT2D eigenvalue weighted by Crippen LogP contribution is -2.41. The predicted molar refractivity (Wildman–Crippen MR) is 175 cm³/mol. The van der Waals surface area contributed by atoms with Crippen LogP contribution >= 0.6 is 0 Å². The Kier molecular flexibility index (Phi) is 8.77. The minimum atomic E-state index is -0.0728. The van der Waals surface area contributed by atoms with Crippen molar-refractivity contribution in [3.8, 4) is 0 Å². The minimum Gasteiger partial charge on any atom is -0.355 e. The van der Waals surface area contributed by atoms with Crippen LogP contribution in [-0.2, 0) is 0 Å². The Labute approximate surface area is 261 Å². The number of fused-ring (bicyclic) bond motifs is 1. The molecule has 3 aliphatic rings. The number of piperidine rings is 1. The van der Waals surface area contributed by atoms with E-state index in [0.29, 0.717) is 5.56 Å². The van der Waals surface area contributed by atoms with Gasteiger partial charge in [-0.1, -0.05) is 25.5 Å². The normalized spacial score (nSPS) is 25.4. The average molecular weight is 601 g/mol. The van der Waals surface area contributed by atoms with Crippen LogP contribution in [-0.4, -0.2) is 85.5 Å². The molecule has 236 valence electrons. The van der Waals surface area contributed by atoms with Crippen LogP contribution in [0.25, 0.3) is 5.65 Å². The van der Waals surface area contributed by atoms with Crippen molar-refractivity contribution >= 4 is 23.6 Å². The Morgan fingerprint density at radius 2 is 2.02 bits per heavy atom. The zero-order valence-electron chi connectivity index (χ0n) is 27.0. The second-order valence-electron chi connectivity index (χ2n) is 13.5. The maximum Gasteiger partial charge on any atom is 0.254 e. The molecule has 3 aliphatic heterocycles. The number of anilines is 1. The molecule has 5 heterocycles. The molecular formula is C34H50N9O+. The van der Waals surface area contributed by atoms with Gasteiger partial charge in [-0.3, -0.25) is 10.6 Å². The van der Waals surface area contributed by atoms with E-state index >= 15 is 0 Å². The first-order chi connectivity index (χ1) is 21.2. The fourth-order valence-electron chi connectivity index (χ4n) is 6.96. The Hall–Kier alpha value is -3.34. The van der Waals surface area contributed by atoms with E-state index in [1.807, 2.05) is 32.8 Å². The summed E-state index contributed by atoms with van der Waals surface area (Å²) in [6.45, 7) is 13.0. The first kappa shape index (κ1) is 30.7. The molecule has 2 aromatic heterocycles. The van der Waals surface area contributed by atoms with Gasteiger partial charge in [-0.15, -0.1) is 0 Å². The van der Waals surface area contributed by atoms with Crippen LogP contribution in [0.2, 0.25) is 0 Å².